The highest BCUT2D eigenvalue weighted by atomic mass is 16.4. The highest BCUT2D eigenvalue weighted by Crippen LogP contribution is 2.16. The van der Waals surface area contributed by atoms with Crippen molar-refractivity contribution < 1.29 is 4.42 Å². The average Bonchev–Trinajstić information content (AvgIpc) is 2.27. The quantitative estimate of drug-likeness (QED) is 0.603. The molecule has 3 nitrogen and oxygen atoms in total. The third-order valence-electron chi connectivity index (χ3n) is 2.00. The van der Waals surface area contributed by atoms with Gasteiger partial charge in [-0.25, -0.2) is 4.98 Å². The van der Waals surface area contributed by atoms with Gasteiger partial charge in [-0.2, -0.15) is 0 Å². The van der Waals surface area contributed by atoms with Gasteiger partial charge in [0, 0.05) is 19.4 Å². The maximum Gasteiger partial charge on any atom is 0.191 e. The van der Waals surface area contributed by atoms with E-state index in [1.54, 1.807) is 0 Å². The van der Waals surface area contributed by atoms with E-state index in [1.807, 2.05) is 6.92 Å². The van der Waals surface area contributed by atoms with Crippen LogP contribution in [0.2, 0.25) is 0 Å². The SMILES string of the molecule is Cc1nc2c(o1)CN[C@@H](C)C2. The molecule has 0 radical (unpaired) electrons. The van der Waals surface area contributed by atoms with Crippen LogP contribution in [0.15, 0.2) is 4.42 Å². The van der Waals surface area contributed by atoms with Gasteiger partial charge >= 0.3 is 0 Å². The summed E-state index contributed by atoms with van der Waals surface area (Å²) >= 11 is 0. The molecule has 0 spiro atoms. The molecule has 2 rings (SSSR count). The fourth-order valence-corrected chi connectivity index (χ4v) is 1.44. The predicted molar refractivity (Wildman–Crippen MR) is 41.2 cm³/mol. The fraction of sp³-hybridized carbons (Fsp3) is 0.625. The van der Waals surface area contributed by atoms with E-state index in [0.717, 1.165) is 30.3 Å². The van der Waals surface area contributed by atoms with Crippen LogP contribution in [-0.2, 0) is 13.0 Å². The molecule has 1 aromatic heterocycles. The van der Waals surface area contributed by atoms with Crippen LogP contribution >= 0.6 is 0 Å². The molecule has 60 valence electrons. The van der Waals surface area contributed by atoms with Gasteiger partial charge in [-0.15, -0.1) is 0 Å². The summed E-state index contributed by atoms with van der Waals surface area (Å²) in [6, 6.07) is 0.534. The Hall–Kier alpha value is -0.830. The summed E-state index contributed by atoms with van der Waals surface area (Å²) in [6.45, 7) is 4.88. The molecule has 11 heavy (non-hydrogen) atoms. The number of nitrogens with one attached hydrogen (secondary N) is 1. The third kappa shape index (κ3) is 1.16. The lowest BCUT2D eigenvalue weighted by molar-refractivity contribution is 0.412. The van der Waals surface area contributed by atoms with Gasteiger partial charge < -0.3 is 9.73 Å². The van der Waals surface area contributed by atoms with E-state index in [9.17, 15) is 0 Å². The first-order chi connectivity index (χ1) is 5.25. The molecule has 1 aliphatic heterocycles. The van der Waals surface area contributed by atoms with Crippen molar-refractivity contribution in [1.29, 1.82) is 0 Å². The van der Waals surface area contributed by atoms with Crippen LogP contribution in [0.1, 0.15) is 24.3 Å². The average molecular weight is 152 g/mol. The minimum atomic E-state index is 0.534. The summed E-state index contributed by atoms with van der Waals surface area (Å²) in [7, 11) is 0. The first-order valence-corrected chi connectivity index (χ1v) is 3.94. The second kappa shape index (κ2) is 2.34. The first-order valence-electron chi connectivity index (χ1n) is 3.94. The lowest BCUT2D eigenvalue weighted by atomic mass is 10.1. The number of fused-ring (bicyclic) bond motifs is 1. The van der Waals surface area contributed by atoms with Crippen LogP contribution in [0.5, 0.6) is 0 Å². The van der Waals surface area contributed by atoms with Crippen LogP contribution in [-0.4, -0.2) is 11.0 Å². The van der Waals surface area contributed by atoms with Gasteiger partial charge in [-0.1, -0.05) is 0 Å². The molecule has 0 amide bonds. The topological polar surface area (TPSA) is 38.1 Å². The summed E-state index contributed by atoms with van der Waals surface area (Å²) in [4.78, 5) is 4.29. The molecule has 0 aromatic carbocycles. The van der Waals surface area contributed by atoms with Crippen LogP contribution in [0.3, 0.4) is 0 Å². The Balaban J connectivity index is 2.34. The number of aryl methyl sites for hydroxylation is 1. The Kier molecular flexibility index (Phi) is 1.46. The van der Waals surface area contributed by atoms with Crippen molar-refractivity contribution in [3.05, 3.63) is 17.3 Å². The molecular formula is C8H12N2O. The molecule has 0 saturated heterocycles. The summed E-state index contributed by atoms with van der Waals surface area (Å²) < 4.78 is 5.38. The van der Waals surface area contributed by atoms with Crippen molar-refractivity contribution >= 4 is 0 Å². The number of aromatic nitrogens is 1. The normalized spacial score (nSPS) is 23.3. The number of hydrogen-bond donors (Lipinski definition) is 1. The van der Waals surface area contributed by atoms with Gasteiger partial charge in [0.15, 0.2) is 5.89 Å². The van der Waals surface area contributed by atoms with E-state index in [4.69, 9.17) is 4.42 Å². The van der Waals surface area contributed by atoms with Crippen LogP contribution in [0, 0.1) is 6.92 Å². The molecule has 1 N–H and O–H groups in total. The minimum Gasteiger partial charge on any atom is -0.444 e. The van der Waals surface area contributed by atoms with Crippen LogP contribution in [0.4, 0.5) is 0 Å². The van der Waals surface area contributed by atoms with Gasteiger partial charge in [0.2, 0.25) is 0 Å². The number of rotatable bonds is 0. The zero-order chi connectivity index (χ0) is 7.84. The molecule has 3 heteroatoms. The molecule has 1 aliphatic rings. The Bertz CT molecular complexity index is 267. The Morgan fingerprint density at radius 2 is 2.45 bits per heavy atom. The van der Waals surface area contributed by atoms with Crippen molar-refractivity contribution in [3.8, 4) is 0 Å². The van der Waals surface area contributed by atoms with Gasteiger partial charge in [-0.05, 0) is 6.92 Å². The van der Waals surface area contributed by atoms with Crippen LogP contribution < -0.4 is 5.32 Å². The Labute approximate surface area is 65.8 Å². The molecule has 0 fully saturated rings. The number of oxazole rings is 1. The zero-order valence-corrected chi connectivity index (χ0v) is 6.85. The molecular weight excluding hydrogens is 140 g/mol. The minimum absolute atomic E-state index is 0.534. The lowest BCUT2D eigenvalue weighted by Gasteiger charge is -2.16. The standard InChI is InChI=1S/C8H12N2O/c1-5-3-7-8(4-9-5)11-6(2)10-7/h5,9H,3-4H2,1-2H3/t5-/m0/s1. The van der Waals surface area contributed by atoms with E-state index in [-0.39, 0.29) is 0 Å². The number of hydrogen-bond acceptors (Lipinski definition) is 3. The molecule has 0 aliphatic carbocycles. The van der Waals surface area contributed by atoms with Gasteiger partial charge in [-0.3, -0.25) is 0 Å². The van der Waals surface area contributed by atoms with Crippen LogP contribution in [0.25, 0.3) is 0 Å². The molecule has 1 atom stereocenters. The second-order valence-electron chi connectivity index (χ2n) is 3.09. The van der Waals surface area contributed by atoms with E-state index in [2.05, 4.69) is 17.2 Å². The third-order valence-corrected chi connectivity index (χ3v) is 2.00. The van der Waals surface area contributed by atoms with E-state index in [1.165, 1.54) is 0 Å². The maximum absolute atomic E-state index is 5.38. The van der Waals surface area contributed by atoms with Gasteiger partial charge in [0.25, 0.3) is 0 Å². The van der Waals surface area contributed by atoms with E-state index >= 15 is 0 Å². The molecule has 0 unspecified atom stereocenters. The Morgan fingerprint density at radius 1 is 1.64 bits per heavy atom. The molecule has 2 heterocycles. The molecule has 0 saturated carbocycles. The monoisotopic (exact) mass is 152 g/mol. The first kappa shape index (κ1) is 6.85. The lowest BCUT2D eigenvalue weighted by Crippen LogP contribution is -2.32. The maximum atomic E-state index is 5.38. The summed E-state index contributed by atoms with van der Waals surface area (Å²) in [6.07, 6.45) is 0.993. The number of nitrogens with zero attached hydrogens (tertiary/aromatic N) is 1. The van der Waals surface area contributed by atoms with Crippen molar-refractivity contribution in [2.45, 2.75) is 32.9 Å². The van der Waals surface area contributed by atoms with E-state index < -0.39 is 0 Å². The van der Waals surface area contributed by atoms with Crippen molar-refractivity contribution in [1.82, 2.24) is 10.3 Å². The summed E-state index contributed by atoms with van der Waals surface area (Å²) in [5.74, 6) is 1.80. The summed E-state index contributed by atoms with van der Waals surface area (Å²) in [5.41, 5.74) is 1.13. The largest absolute Gasteiger partial charge is 0.444 e. The molecule has 1 aromatic rings. The molecule has 0 bridgehead atoms. The summed E-state index contributed by atoms with van der Waals surface area (Å²) in [5, 5.41) is 3.32. The van der Waals surface area contributed by atoms with E-state index in [0.29, 0.717) is 6.04 Å². The van der Waals surface area contributed by atoms with Crippen molar-refractivity contribution in [3.63, 3.8) is 0 Å². The smallest absolute Gasteiger partial charge is 0.191 e. The Morgan fingerprint density at radius 3 is 3.27 bits per heavy atom. The predicted octanol–water partition coefficient (Wildman–Crippen LogP) is 1.02. The van der Waals surface area contributed by atoms with Crippen molar-refractivity contribution in [2.75, 3.05) is 0 Å². The van der Waals surface area contributed by atoms with Gasteiger partial charge in [0.1, 0.15) is 5.76 Å². The zero-order valence-electron chi connectivity index (χ0n) is 6.85. The highest BCUT2D eigenvalue weighted by molar-refractivity contribution is 5.14. The van der Waals surface area contributed by atoms with Crippen molar-refractivity contribution in [2.24, 2.45) is 0 Å². The fourth-order valence-electron chi connectivity index (χ4n) is 1.44. The second-order valence-corrected chi connectivity index (χ2v) is 3.09. The highest BCUT2D eigenvalue weighted by Gasteiger charge is 2.18. The van der Waals surface area contributed by atoms with Gasteiger partial charge in [0.05, 0.1) is 12.2 Å².